The Bertz CT molecular complexity index is 560. The minimum absolute atomic E-state index is 0.0869. The van der Waals surface area contributed by atoms with E-state index in [-0.39, 0.29) is 18.8 Å². The van der Waals surface area contributed by atoms with E-state index in [9.17, 15) is 4.79 Å². The maximum Gasteiger partial charge on any atom is 0.348 e. The number of methoxy groups -OCH3 is 3. The zero-order chi connectivity index (χ0) is 15.7. The van der Waals surface area contributed by atoms with Crippen LogP contribution in [0.4, 0.5) is 0 Å². The third kappa shape index (κ3) is 4.51. The number of nitriles is 1. The van der Waals surface area contributed by atoms with E-state index in [0.29, 0.717) is 17.1 Å². The van der Waals surface area contributed by atoms with Gasteiger partial charge in [0.2, 0.25) is 0 Å². The summed E-state index contributed by atoms with van der Waals surface area (Å²) >= 11 is 0. The van der Waals surface area contributed by atoms with Crippen LogP contribution < -0.4 is 9.47 Å². The summed E-state index contributed by atoms with van der Waals surface area (Å²) in [5.74, 6) is 0.244. The molecule has 0 heterocycles. The molecule has 0 aliphatic rings. The maximum absolute atomic E-state index is 11.8. The molecule has 0 amide bonds. The summed E-state index contributed by atoms with van der Waals surface area (Å²) < 4.78 is 20.1. The average Bonchev–Trinajstić information content (AvgIpc) is 2.52. The first-order valence-electron chi connectivity index (χ1n) is 6.16. The molecule has 0 aromatic heterocycles. The first-order chi connectivity index (χ1) is 10.2. The molecule has 6 heteroatoms. The maximum atomic E-state index is 11.8. The van der Waals surface area contributed by atoms with E-state index in [1.165, 1.54) is 27.4 Å². The standard InChI is InChI=1S/C15H17NO5/c1-18-7-8-21-15(17)12(10-16)9-11-5-4-6-13(19-2)14(11)20-3/h4-6,9H,7-8H2,1-3H3. The minimum Gasteiger partial charge on any atom is -0.493 e. The van der Waals surface area contributed by atoms with Gasteiger partial charge >= 0.3 is 5.97 Å². The molecule has 1 aromatic rings. The van der Waals surface area contributed by atoms with E-state index in [0.717, 1.165) is 0 Å². The van der Waals surface area contributed by atoms with E-state index in [2.05, 4.69) is 0 Å². The predicted octanol–water partition coefficient (Wildman–Crippen LogP) is 1.80. The van der Waals surface area contributed by atoms with Crippen LogP contribution in [0, 0.1) is 11.3 Å². The van der Waals surface area contributed by atoms with Gasteiger partial charge < -0.3 is 18.9 Å². The summed E-state index contributed by atoms with van der Waals surface area (Å²) in [6.45, 7) is 0.358. The quantitative estimate of drug-likeness (QED) is 0.330. The zero-order valence-corrected chi connectivity index (χ0v) is 12.2. The second-order valence-electron chi connectivity index (χ2n) is 3.88. The lowest BCUT2D eigenvalue weighted by Gasteiger charge is -2.10. The van der Waals surface area contributed by atoms with Gasteiger partial charge in [-0.2, -0.15) is 5.26 Å². The summed E-state index contributed by atoms with van der Waals surface area (Å²) in [6, 6.07) is 6.98. The number of rotatable bonds is 7. The minimum atomic E-state index is -0.709. The Hall–Kier alpha value is -2.52. The van der Waals surface area contributed by atoms with Crippen LogP contribution in [0.15, 0.2) is 23.8 Å². The molecule has 0 aliphatic carbocycles. The van der Waals surface area contributed by atoms with Crippen molar-refractivity contribution in [3.05, 3.63) is 29.3 Å². The zero-order valence-electron chi connectivity index (χ0n) is 12.2. The lowest BCUT2D eigenvalue weighted by Crippen LogP contribution is -2.11. The van der Waals surface area contributed by atoms with E-state index in [1.54, 1.807) is 18.2 Å². The van der Waals surface area contributed by atoms with Gasteiger partial charge in [-0.1, -0.05) is 12.1 Å². The number of para-hydroxylation sites is 1. The second kappa shape index (κ2) is 8.61. The number of carbonyl (C=O) groups is 1. The molecule has 0 saturated heterocycles. The highest BCUT2D eigenvalue weighted by Crippen LogP contribution is 2.32. The predicted molar refractivity (Wildman–Crippen MR) is 76.0 cm³/mol. The molecule has 0 saturated carbocycles. The first-order valence-corrected chi connectivity index (χ1v) is 6.16. The van der Waals surface area contributed by atoms with Crippen LogP contribution in [0.3, 0.4) is 0 Å². The van der Waals surface area contributed by atoms with Crippen molar-refractivity contribution >= 4 is 12.0 Å². The number of esters is 1. The molecule has 0 fully saturated rings. The van der Waals surface area contributed by atoms with Gasteiger partial charge in [0.25, 0.3) is 0 Å². The summed E-state index contributed by atoms with van der Waals surface area (Å²) in [7, 11) is 4.49. The molecule has 0 radical (unpaired) electrons. The molecule has 1 rings (SSSR count). The van der Waals surface area contributed by atoms with E-state index in [4.69, 9.17) is 24.2 Å². The Labute approximate surface area is 123 Å². The Morgan fingerprint density at radius 1 is 1.24 bits per heavy atom. The van der Waals surface area contributed by atoms with E-state index in [1.807, 2.05) is 6.07 Å². The lowest BCUT2D eigenvalue weighted by molar-refractivity contribution is -0.139. The van der Waals surface area contributed by atoms with Crippen LogP contribution in [0.1, 0.15) is 5.56 Å². The highest BCUT2D eigenvalue weighted by molar-refractivity contribution is 5.98. The van der Waals surface area contributed by atoms with E-state index >= 15 is 0 Å². The van der Waals surface area contributed by atoms with Crippen molar-refractivity contribution in [3.8, 4) is 17.6 Å². The van der Waals surface area contributed by atoms with Crippen LogP contribution in [-0.2, 0) is 14.3 Å². The van der Waals surface area contributed by atoms with Gasteiger partial charge in [0, 0.05) is 12.7 Å². The number of hydrogen-bond acceptors (Lipinski definition) is 6. The highest BCUT2D eigenvalue weighted by atomic mass is 16.6. The number of benzene rings is 1. The van der Waals surface area contributed by atoms with Gasteiger partial charge in [-0.15, -0.1) is 0 Å². The SMILES string of the molecule is COCCOC(=O)C(C#N)=Cc1cccc(OC)c1OC. The third-order valence-electron chi connectivity index (χ3n) is 2.59. The number of ether oxygens (including phenoxy) is 4. The van der Waals surface area contributed by atoms with Crippen molar-refractivity contribution < 1.29 is 23.7 Å². The van der Waals surface area contributed by atoms with Gasteiger partial charge in [0.05, 0.1) is 20.8 Å². The van der Waals surface area contributed by atoms with Gasteiger partial charge in [-0.25, -0.2) is 4.79 Å². The number of hydrogen-bond donors (Lipinski definition) is 0. The Morgan fingerprint density at radius 3 is 2.57 bits per heavy atom. The van der Waals surface area contributed by atoms with Crippen molar-refractivity contribution in [3.63, 3.8) is 0 Å². The highest BCUT2D eigenvalue weighted by Gasteiger charge is 2.14. The molecule has 0 unspecified atom stereocenters. The van der Waals surface area contributed by atoms with Crippen molar-refractivity contribution in [1.82, 2.24) is 0 Å². The molecular formula is C15H17NO5. The summed E-state index contributed by atoms with van der Waals surface area (Å²) in [5.41, 5.74) is 0.426. The van der Waals surface area contributed by atoms with E-state index < -0.39 is 5.97 Å². The largest absolute Gasteiger partial charge is 0.493 e. The van der Waals surface area contributed by atoms with Crippen LogP contribution in [0.5, 0.6) is 11.5 Å². The number of nitrogens with zero attached hydrogens (tertiary/aromatic N) is 1. The Kier molecular flexibility index (Phi) is 6.78. The van der Waals surface area contributed by atoms with Gasteiger partial charge in [-0.3, -0.25) is 0 Å². The topological polar surface area (TPSA) is 77.8 Å². The molecule has 0 spiro atoms. The van der Waals surface area contributed by atoms with Gasteiger partial charge in [0.15, 0.2) is 11.5 Å². The van der Waals surface area contributed by atoms with Gasteiger partial charge in [-0.05, 0) is 12.1 Å². The van der Waals surface area contributed by atoms with Crippen LogP contribution in [-0.4, -0.2) is 40.5 Å². The summed E-state index contributed by atoms with van der Waals surface area (Å²) in [5, 5.41) is 9.08. The second-order valence-corrected chi connectivity index (χ2v) is 3.88. The molecule has 0 N–H and O–H groups in total. The van der Waals surface area contributed by atoms with Crippen molar-refractivity contribution in [2.45, 2.75) is 0 Å². The third-order valence-corrected chi connectivity index (χ3v) is 2.59. The fourth-order valence-electron chi connectivity index (χ4n) is 1.61. The number of carbonyl (C=O) groups excluding carboxylic acids is 1. The lowest BCUT2D eigenvalue weighted by atomic mass is 10.1. The van der Waals surface area contributed by atoms with Crippen LogP contribution in [0.25, 0.3) is 6.08 Å². The fourth-order valence-corrected chi connectivity index (χ4v) is 1.61. The van der Waals surface area contributed by atoms with Crippen LogP contribution in [0.2, 0.25) is 0 Å². The smallest absolute Gasteiger partial charge is 0.348 e. The Balaban J connectivity index is 3.03. The van der Waals surface area contributed by atoms with Crippen molar-refractivity contribution in [1.29, 1.82) is 5.26 Å². The van der Waals surface area contributed by atoms with Crippen molar-refractivity contribution in [2.75, 3.05) is 34.5 Å². The molecule has 21 heavy (non-hydrogen) atoms. The fraction of sp³-hybridized carbons (Fsp3) is 0.333. The molecule has 1 aromatic carbocycles. The summed E-state index contributed by atoms with van der Waals surface area (Å²) in [6.07, 6.45) is 1.40. The Morgan fingerprint density at radius 2 is 2.00 bits per heavy atom. The average molecular weight is 291 g/mol. The molecule has 0 aliphatic heterocycles. The monoisotopic (exact) mass is 291 g/mol. The van der Waals surface area contributed by atoms with Gasteiger partial charge in [0.1, 0.15) is 18.2 Å². The first kappa shape index (κ1) is 16.5. The van der Waals surface area contributed by atoms with Crippen molar-refractivity contribution in [2.24, 2.45) is 0 Å². The summed E-state index contributed by atoms with van der Waals surface area (Å²) in [4.78, 5) is 11.8. The molecule has 0 bridgehead atoms. The molecule has 112 valence electrons. The molecular weight excluding hydrogens is 274 g/mol. The van der Waals surface area contributed by atoms with Crippen LogP contribution >= 0.6 is 0 Å². The normalized spacial score (nSPS) is 10.7. The molecule has 0 atom stereocenters. The molecule has 6 nitrogen and oxygen atoms in total.